The van der Waals surface area contributed by atoms with E-state index in [1.165, 1.54) is 12.1 Å². The lowest BCUT2D eigenvalue weighted by atomic mass is 10.2. The van der Waals surface area contributed by atoms with Crippen molar-refractivity contribution < 1.29 is 18.8 Å². The predicted molar refractivity (Wildman–Crippen MR) is 69.3 cm³/mol. The largest absolute Gasteiger partial charge is 0.484 e. The monoisotopic (exact) mass is 295 g/mol. The number of aromatic nitrogens is 1. The van der Waals surface area contributed by atoms with E-state index in [9.17, 15) is 9.59 Å². The van der Waals surface area contributed by atoms with Gasteiger partial charge >= 0.3 is 0 Å². The molecule has 0 spiro atoms. The zero-order chi connectivity index (χ0) is 14.5. The van der Waals surface area contributed by atoms with E-state index in [1.54, 1.807) is 12.1 Å². The number of hydrogen-bond donors (Lipinski definition) is 2. The average molecular weight is 296 g/mol. The number of carbonyl (C=O) groups is 2. The van der Waals surface area contributed by atoms with Crippen LogP contribution in [0.15, 0.2) is 28.8 Å². The summed E-state index contributed by atoms with van der Waals surface area (Å²) in [5.74, 6) is 5.13. The Morgan fingerprint density at radius 1 is 1.50 bits per heavy atom. The summed E-state index contributed by atoms with van der Waals surface area (Å²) in [6, 6.07) is 6.02. The third-order valence-electron chi connectivity index (χ3n) is 2.38. The van der Waals surface area contributed by atoms with Crippen LogP contribution in [0, 0.1) is 0 Å². The van der Waals surface area contributed by atoms with E-state index in [-0.39, 0.29) is 12.3 Å². The molecule has 0 aliphatic heterocycles. The first-order valence-electron chi connectivity index (χ1n) is 5.48. The van der Waals surface area contributed by atoms with Crippen molar-refractivity contribution in [3.63, 3.8) is 0 Å². The van der Waals surface area contributed by atoms with E-state index in [4.69, 9.17) is 26.7 Å². The van der Waals surface area contributed by atoms with Gasteiger partial charge in [0.25, 0.3) is 5.91 Å². The minimum absolute atomic E-state index is 0.0327. The smallest absolute Gasteiger partial charge is 0.287 e. The number of hydrazine groups is 1. The number of aldehydes is 1. The number of rotatable bonds is 5. The molecule has 8 heteroatoms. The van der Waals surface area contributed by atoms with Gasteiger partial charge in [0, 0.05) is 11.6 Å². The lowest BCUT2D eigenvalue weighted by Crippen LogP contribution is -2.30. The molecule has 1 aromatic heterocycles. The third kappa shape index (κ3) is 3.14. The number of nitrogen functional groups attached to an aromatic ring is 1. The maximum absolute atomic E-state index is 11.2. The number of benzene rings is 1. The highest BCUT2D eigenvalue weighted by molar-refractivity contribution is 6.32. The van der Waals surface area contributed by atoms with Crippen LogP contribution in [0.3, 0.4) is 0 Å². The molecule has 2 aromatic rings. The van der Waals surface area contributed by atoms with Crippen LogP contribution in [-0.2, 0) is 6.61 Å². The Hall–Kier alpha value is -2.38. The van der Waals surface area contributed by atoms with Crippen molar-refractivity contribution in [2.75, 3.05) is 0 Å². The Balaban J connectivity index is 2.03. The topological polar surface area (TPSA) is 107 Å². The van der Waals surface area contributed by atoms with Gasteiger partial charge in [-0.1, -0.05) is 16.8 Å². The van der Waals surface area contributed by atoms with Gasteiger partial charge in [-0.05, 0) is 18.2 Å². The number of halogens is 1. The minimum atomic E-state index is -0.562. The van der Waals surface area contributed by atoms with Gasteiger partial charge in [-0.15, -0.1) is 0 Å². The van der Waals surface area contributed by atoms with Gasteiger partial charge < -0.3 is 9.26 Å². The lowest BCUT2D eigenvalue weighted by molar-refractivity contribution is 0.0944. The fraction of sp³-hybridized carbons (Fsp3) is 0.0833. The van der Waals surface area contributed by atoms with Crippen molar-refractivity contribution in [2.24, 2.45) is 5.84 Å². The summed E-state index contributed by atoms with van der Waals surface area (Å²) in [5, 5.41) is 3.82. The molecule has 1 heterocycles. The molecule has 104 valence electrons. The van der Waals surface area contributed by atoms with Crippen LogP contribution in [0.25, 0.3) is 0 Å². The summed E-state index contributed by atoms with van der Waals surface area (Å²) in [7, 11) is 0. The zero-order valence-corrected chi connectivity index (χ0v) is 10.9. The molecule has 0 saturated heterocycles. The Morgan fingerprint density at radius 3 is 2.95 bits per heavy atom. The first kappa shape index (κ1) is 14.0. The lowest BCUT2D eigenvalue weighted by Gasteiger charge is -2.05. The predicted octanol–water partition coefficient (Wildman–Crippen LogP) is 1.32. The molecule has 1 amide bonds. The van der Waals surface area contributed by atoms with Crippen LogP contribution in [0.2, 0.25) is 5.02 Å². The first-order valence-corrected chi connectivity index (χ1v) is 5.86. The number of nitrogens with two attached hydrogens (primary N) is 1. The standard InChI is InChI=1S/C12H10ClN3O4/c13-9-3-7(5-17)1-2-11(9)19-6-8-4-10(16-20-8)12(18)15-14/h1-5H,6,14H2,(H,15,18). The van der Waals surface area contributed by atoms with E-state index in [0.717, 1.165) is 0 Å². The van der Waals surface area contributed by atoms with Gasteiger partial charge in [-0.25, -0.2) is 5.84 Å². The van der Waals surface area contributed by atoms with Crippen LogP contribution in [0.1, 0.15) is 26.6 Å². The maximum Gasteiger partial charge on any atom is 0.287 e. The summed E-state index contributed by atoms with van der Waals surface area (Å²) in [6.07, 6.45) is 0.684. The SMILES string of the molecule is NNC(=O)c1cc(COc2ccc(C=O)cc2Cl)on1. The molecule has 2 rings (SSSR count). The van der Waals surface area contributed by atoms with Crippen LogP contribution in [0.4, 0.5) is 0 Å². The molecule has 0 unspecified atom stereocenters. The number of carbonyl (C=O) groups excluding carboxylic acids is 2. The Morgan fingerprint density at radius 2 is 2.30 bits per heavy atom. The van der Waals surface area contributed by atoms with Gasteiger partial charge in [0.1, 0.15) is 18.6 Å². The first-order chi connectivity index (χ1) is 9.63. The highest BCUT2D eigenvalue weighted by Crippen LogP contribution is 2.25. The molecular formula is C12H10ClN3O4. The summed E-state index contributed by atoms with van der Waals surface area (Å²) in [4.78, 5) is 21.7. The molecular weight excluding hydrogens is 286 g/mol. The average Bonchev–Trinajstić information content (AvgIpc) is 2.94. The van der Waals surface area contributed by atoms with Gasteiger partial charge in [-0.2, -0.15) is 0 Å². The molecule has 0 saturated carbocycles. The maximum atomic E-state index is 11.2. The van der Waals surface area contributed by atoms with Crippen molar-refractivity contribution >= 4 is 23.8 Å². The van der Waals surface area contributed by atoms with Crippen molar-refractivity contribution in [1.82, 2.24) is 10.6 Å². The molecule has 0 aliphatic carbocycles. The molecule has 0 atom stereocenters. The molecule has 0 aliphatic rings. The van der Waals surface area contributed by atoms with Crippen LogP contribution < -0.4 is 16.0 Å². The molecule has 0 radical (unpaired) electrons. The number of amides is 1. The second-order valence-electron chi connectivity index (χ2n) is 3.75. The van der Waals surface area contributed by atoms with Crippen molar-refractivity contribution in [1.29, 1.82) is 0 Å². The Labute approximate surface area is 118 Å². The van der Waals surface area contributed by atoms with Gasteiger partial charge in [0.2, 0.25) is 0 Å². The second kappa shape index (κ2) is 6.18. The summed E-state index contributed by atoms with van der Waals surface area (Å²) < 4.78 is 10.3. The fourth-order valence-corrected chi connectivity index (χ4v) is 1.66. The van der Waals surface area contributed by atoms with E-state index >= 15 is 0 Å². The van der Waals surface area contributed by atoms with Crippen LogP contribution >= 0.6 is 11.6 Å². The zero-order valence-electron chi connectivity index (χ0n) is 10.1. The summed E-state index contributed by atoms with van der Waals surface area (Å²) in [6.45, 7) is 0.0327. The normalized spacial score (nSPS) is 10.1. The number of nitrogens with one attached hydrogen (secondary N) is 1. The summed E-state index contributed by atoms with van der Waals surface area (Å²) in [5.41, 5.74) is 2.43. The summed E-state index contributed by atoms with van der Waals surface area (Å²) >= 11 is 5.94. The quantitative estimate of drug-likeness (QED) is 0.373. The highest BCUT2D eigenvalue weighted by atomic mass is 35.5. The Kier molecular flexibility index (Phi) is 4.34. The van der Waals surface area contributed by atoms with Crippen molar-refractivity contribution in [3.8, 4) is 5.75 Å². The van der Waals surface area contributed by atoms with Crippen molar-refractivity contribution in [2.45, 2.75) is 6.61 Å². The third-order valence-corrected chi connectivity index (χ3v) is 2.68. The fourth-order valence-electron chi connectivity index (χ4n) is 1.42. The second-order valence-corrected chi connectivity index (χ2v) is 4.16. The van der Waals surface area contributed by atoms with Crippen molar-refractivity contribution in [3.05, 3.63) is 46.3 Å². The van der Waals surface area contributed by atoms with Crippen LogP contribution in [-0.4, -0.2) is 17.4 Å². The highest BCUT2D eigenvalue weighted by Gasteiger charge is 2.12. The van der Waals surface area contributed by atoms with Gasteiger partial charge in [0.05, 0.1) is 5.02 Å². The minimum Gasteiger partial charge on any atom is -0.484 e. The molecule has 1 aromatic carbocycles. The van der Waals surface area contributed by atoms with E-state index in [1.807, 2.05) is 5.43 Å². The molecule has 7 nitrogen and oxygen atoms in total. The van der Waals surface area contributed by atoms with Gasteiger partial charge in [0.15, 0.2) is 11.5 Å². The number of ether oxygens (including phenoxy) is 1. The van der Waals surface area contributed by atoms with Crippen LogP contribution in [0.5, 0.6) is 5.75 Å². The number of hydrogen-bond acceptors (Lipinski definition) is 6. The molecule has 0 fully saturated rings. The van der Waals surface area contributed by atoms with E-state index in [0.29, 0.717) is 28.4 Å². The molecule has 20 heavy (non-hydrogen) atoms. The molecule has 0 bridgehead atoms. The molecule has 3 N–H and O–H groups in total. The van der Waals surface area contributed by atoms with E-state index < -0.39 is 5.91 Å². The van der Waals surface area contributed by atoms with E-state index in [2.05, 4.69) is 5.16 Å². The Bertz CT molecular complexity index is 641. The van der Waals surface area contributed by atoms with Gasteiger partial charge in [-0.3, -0.25) is 15.0 Å². The number of nitrogens with zero attached hydrogens (tertiary/aromatic N) is 1.